The molecular formula is C11H13FO4. The highest BCUT2D eigenvalue weighted by molar-refractivity contribution is 5.71. The SMILES string of the molecule is COCc1c(F)ccc(CC(=O)O)c1OC. The Balaban J connectivity index is 3.19. The zero-order chi connectivity index (χ0) is 12.1. The summed E-state index contributed by atoms with van der Waals surface area (Å²) in [5.74, 6) is -1.22. The van der Waals surface area contributed by atoms with E-state index in [2.05, 4.69) is 0 Å². The van der Waals surface area contributed by atoms with E-state index < -0.39 is 11.8 Å². The number of carboxylic acid groups (broad SMARTS) is 1. The number of hydrogen-bond acceptors (Lipinski definition) is 3. The lowest BCUT2D eigenvalue weighted by atomic mass is 10.1. The minimum absolute atomic E-state index is 0.0441. The van der Waals surface area contributed by atoms with Crippen molar-refractivity contribution in [1.29, 1.82) is 0 Å². The van der Waals surface area contributed by atoms with E-state index in [-0.39, 0.29) is 24.3 Å². The first-order valence-corrected chi connectivity index (χ1v) is 4.65. The summed E-state index contributed by atoms with van der Waals surface area (Å²) < 4.78 is 23.3. The van der Waals surface area contributed by atoms with Gasteiger partial charge in [-0.15, -0.1) is 0 Å². The Bertz CT molecular complexity index is 390. The Morgan fingerprint density at radius 3 is 2.62 bits per heavy atom. The molecular weight excluding hydrogens is 215 g/mol. The molecule has 1 N–H and O–H groups in total. The van der Waals surface area contributed by atoms with Crippen LogP contribution in [0.3, 0.4) is 0 Å². The van der Waals surface area contributed by atoms with E-state index >= 15 is 0 Å². The molecule has 16 heavy (non-hydrogen) atoms. The molecule has 1 aromatic carbocycles. The summed E-state index contributed by atoms with van der Waals surface area (Å²) in [7, 11) is 2.81. The first kappa shape index (κ1) is 12.4. The summed E-state index contributed by atoms with van der Waals surface area (Å²) in [6.07, 6.45) is -0.208. The van der Waals surface area contributed by atoms with E-state index in [9.17, 15) is 9.18 Å². The third-order valence-corrected chi connectivity index (χ3v) is 2.12. The van der Waals surface area contributed by atoms with Gasteiger partial charge in [0, 0.05) is 12.7 Å². The number of carbonyl (C=O) groups is 1. The van der Waals surface area contributed by atoms with E-state index in [1.165, 1.54) is 26.4 Å². The van der Waals surface area contributed by atoms with Crippen molar-refractivity contribution in [2.24, 2.45) is 0 Å². The zero-order valence-corrected chi connectivity index (χ0v) is 9.12. The summed E-state index contributed by atoms with van der Waals surface area (Å²) in [4.78, 5) is 10.6. The fourth-order valence-corrected chi connectivity index (χ4v) is 1.49. The number of benzene rings is 1. The molecule has 88 valence electrons. The fourth-order valence-electron chi connectivity index (χ4n) is 1.49. The summed E-state index contributed by atoms with van der Waals surface area (Å²) in [5.41, 5.74) is 0.673. The Morgan fingerprint density at radius 1 is 1.44 bits per heavy atom. The van der Waals surface area contributed by atoms with Crippen LogP contribution in [-0.4, -0.2) is 25.3 Å². The molecule has 4 nitrogen and oxygen atoms in total. The van der Waals surface area contributed by atoms with Crippen molar-refractivity contribution in [3.05, 3.63) is 29.1 Å². The zero-order valence-electron chi connectivity index (χ0n) is 9.12. The van der Waals surface area contributed by atoms with Crippen LogP contribution in [0, 0.1) is 5.82 Å². The molecule has 1 rings (SSSR count). The van der Waals surface area contributed by atoms with E-state index in [0.29, 0.717) is 5.56 Å². The largest absolute Gasteiger partial charge is 0.496 e. The maximum Gasteiger partial charge on any atom is 0.307 e. The molecule has 0 aliphatic rings. The lowest BCUT2D eigenvalue weighted by molar-refractivity contribution is -0.136. The Morgan fingerprint density at radius 2 is 2.12 bits per heavy atom. The molecule has 5 heteroatoms. The minimum atomic E-state index is -0.992. The van der Waals surface area contributed by atoms with Crippen molar-refractivity contribution in [2.45, 2.75) is 13.0 Å². The van der Waals surface area contributed by atoms with Crippen LogP contribution in [0.4, 0.5) is 4.39 Å². The molecule has 0 bridgehead atoms. The van der Waals surface area contributed by atoms with Crippen LogP contribution in [0.25, 0.3) is 0 Å². The van der Waals surface area contributed by atoms with Crippen molar-refractivity contribution < 1.29 is 23.8 Å². The van der Waals surface area contributed by atoms with Crippen LogP contribution >= 0.6 is 0 Å². The fraction of sp³-hybridized carbons (Fsp3) is 0.364. The third-order valence-electron chi connectivity index (χ3n) is 2.12. The Labute approximate surface area is 92.6 Å². The molecule has 0 spiro atoms. The van der Waals surface area contributed by atoms with Crippen LogP contribution in [0.5, 0.6) is 5.75 Å². The Hall–Kier alpha value is -1.62. The topological polar surface area (TPSA) is 55.8 Å². The molecule has 0 amide bonds. The van der Waals surface area contributed by atoms with Crippen molar-refractivity contribution in [3.63, 3.8) is 0 Å². The van der Waals surface area contributed by atoms with Crippen LogP contribution in [0.15, 0.2) is 12.1 Å². The van der Waals surface area contributed by atoms with Gasteiger partial charge < -0.3 is 14.6 Å². The van der Waals surface area contributed by atoms with Crippen molar-refractivity contribution >= 4 is 5.97 Å². The van der Waals surface area contributed by atoms with E-state index in [0.717, 1.165) is 0 Å². The molecule has 0 unspecified atom stereocenters. The van der Waals surface area contributed by atoms with Crippen molar-refractivity contribution in [1.82, 2.24) is 0 Å². The molecule has 0 aliphatic heterocycles. The number of hydrogen-bond donors (Lipinski definition) is 1. The normalized spacial score (nSPS) is 10.2. The van der Waals surface area contributed by atoms with Crippen molar-refractivity contribution in [3.8, 4) is 5.75 Å². The molecule has 0 fully saturated rings. The Kier molecular flexibility index (Phi) is 4.25. The van der Waals surface area contributed by atoms with Gasteiger partial charge in [-0.1, -0.05) is 6.07 Å². The molecule has 0 heterocycles. The summed E-state index contributed by atoms with van der Waals surface area (Å²) >= 11 is 0. The van der Waals surface area contributed by atoms with Crippen LogP contribution in [-0.2, 0) is 22.6 Å². The number of ether oxygens (including phenoxy) is 2. The molecule has 0 aliphatic carbocycles. The second-order valence-electron chi connectivity index (χ2n) is 3.22. The number of halogens is 1. The van der Waals surface area contributed by atoms with Gasteiger partial charge in [0.1, 0.15) is 11.6 Å². The highest BCUT2D eigenvalue weighted by atomic mass is 19.1. The van der Waals surface area contributed by atoms with Gasteiger partial charge in [-0.2, -0.15) is 0 Å². The average molecular weight is 228 g/mol. The van der Waals surface area contributed by atoms with E-state index in [1.54, 1.807) is 0 Å². The standard InChI is InChI=1S/C11H13FO4/c1-15-6-8-9(12)4-3-7(5-10(13)14)11(8)16-2/h3-4H,5-6H2,1-2H3,(H,13,14). The lowest BCUT2D eigenvalue weighted by Gasteiger charge is -2.12. The summed E-state index contributed by atoms with van der Waals surface area (Å²) in [6.45, 7) is 0.0441. The first-order valence-electron chi connectivity index (χ1n) is 4.65. The molecule has 1 aromatic rings. The molecule has 0 radical (unpaired) electrons. The molecule has 0 saturated heterocycles. The maximum absolute atomic E-state index is 13.4. The number of aliphatic carboxylic acids is 1. The van der Waals surface area contributed by atoms with Gasteiger partial charge in [0.05, 0.1) is 25.7 Å². The van der Waals surface area contributed by atoms with Crippen molar-refractivity contribution in [2.75, 3.05) is 14.2 Å². The minimum Gasteiger partial charge on any atom is -0.496 e. The second-order valence-corrected chi connectivity index (χ2v) is 3.22. The van der Waals surface area contributed by atoms with Crippen LogP contribution in [0.1, 0.15) is 11.1 Å². The lowest BCUT2D eigenvalue weighted by Crippen LogP contribution is -2.06. The van der Waals surface area contributed by atoms with Gasteiger partial charge in [0.2, 0.25) is 0 Å². The molecule has 0 saturated carbocycles. The van der Waals surface area contributed by atoms with Gasteiger partial charge in [0.25, 0.3) is 0 Å². The second kappa shape index (κ2) is 5.46. The van der Waals surface area contributed by atoms with Gasteiger partial charge in [-0.05, 0) is 6.07 Å². The predicted molar refractivity (Wildman–Crippen MR) is 55.0 cm³/mol. The molecule has 0 aromatic heterocycles. The molecule has 0 atom stereocenters. The monoisotopic (exact) mass is 228 g/mol. The summed E-state index contributed by atoms with van der Waals surface area (Å²) in [6, 6.07) is 2.62. The van der Waals surface area contributed by atoms with Crippen LogP contribution < -0.4 is 4.74 Å². The van der Waals surface area contributed by atoms with Gasteiger partial charge in [-0.3, -0.25) is 4.79 Å². The quantitative estimate of drug-likeness (QED) is 0.831. The third kappa shape index (κ3) is 2.70. The van der Waals surface area contributed by atoms with Crippen LogP contribution in [0.2, 0.25) is 0 Å². The summed E-state index contributed by atoms with van der Waals surface area (Å²) in [5, 5.41) is 8.70. The smallest absolute Gasteiger partial charge is 0.307 e. The average Bonchev–Trinajstić information content (AvgIpc) is 2.23. The number of rotatable bonds is 5. The highest BCUT2D eigenvalue weighted by Gasteiger charge is 2.15. The van der Waals surface area contributed by atoms with E-state index in [4.69, 9.17) is 14.6 Å². The highest BCUT2D eigenvalue weighted by Crippen LogP contribution is 2.27. The van der Waals surface area contributed by atoms with Gasteiger partial charge in [0.15, 0.2) is 0 Å². The maximum atomic E-state index is 13.4. The predicted octanol–water partition coefficient (Wildman–Crippen LogP) is 1.61. The van der Waals surface area contributed by atoms with E-state index in [1.807, 2.05) is 0 Å². The van der Waals surface area contributed by atoms with Gasteiger partial charge in [-0.25, -0.2) is 4.39 Å². The number of carboxylic acids is 1. The van der Waals surface area contributed by atoms with Gasteiger partial charge >= 0.3 is 5.97 Å². The number of methoxy groups -OCH3 is 2. The first-order chi connectivity index (χ1) is 7.60.